The summed E-state index contributed by atoms with van der Waals surface area (Å²) in [6.07, 6.45) is 2.27. The van der Waals surface area contributed by atoms with Gasteiger partial charge in [-0.25, -0.2) is 4.98 Å². The first kappa shape index (κ1) is 22.8. The zero-order valence-electron chi connectivity index (χ0n) is 18.8. The summed E-state index contributed by atoms with van der Waals surface area (Å²) in [5.41, 5.74) is 2.11. The van der Waals surface area contributed by atoms with Crippen LogP contribution in [0.15, 0.2) is 58.3 Å². The van der Waals surface area contributed by atoms with Gasteiger partial charge in [-0.15, -0.1) is 11.8 Å². The van der Waals surface area contributed by atoms with Gasteiger partial charge in [-0.1, -0.05) is 36.3 Å². The molecule has 1 fully saturated rings. The van der Waals surface area contributed by atoms with E-state index in [1.54, 1.807) is 0 Å². The van der Waals surface area contributed by atoms with Gasteiger partial charge in [0.15, 0.2) is 0 Å². The molecule has 1 unspecified atom stereocenters. The Balaban J connectivity index is 1.20. The zero-order valence-corrected chi connectivity index (χ0v) is 19.6. The van der Waals surface area contributed by atoms with Crippen molar-refractivity contribution in [3.8, 4) is 17.4 Å². The maximum Gasteiger partial charge on any atom is 0.220 e. The molecule has 8 heteroatoms. The number of hydrogen-bond acceptors (Lipinski definition) is 8. The third-order valence-electron chi connectivity index (χ3n) is 5.81. The summed E-state index contributed by atoms with van der Waals surface area (Å²) < 4.78 is 10.6. The molecule has 0 aliphatic carbocycles. The van der Waals surface area contributed by atoms with E-state index in [-0.39, 0.29) is 0 Å². The van der Waals surface area contributed by atoms with Gasteiger partial charge in [-0.3, -0.25) is 4.90 Å². The van der Waals surface area contributed by atoms with E-state index >= 15 is 0 Å². The largest absolute Gasteiger partial charge is 0.478 e. The molecule has 4 rings (SSSR count). The van der Waals surface area contributed by atoms with Crippen LogP contribution in [0, 0.1) is 0 Å². The fourth-order valence-electron chi connectivity index (χ4n) is 4.05. The van der Waals surface area contributed by atoms with Crippen LogP contribution < -0.4 is 4.74 Å². The first-order valence-electron chi connectivity index (χ1n) is 11.3. The van der Waals surface area contributed by atoms with Gasteiger partial charge >= 0.3 is 0 Å². The summed E-state index contributed by atoms with van der Waals surface area (Å²) in [5.74, 6) is 2.17. The molecule has 1 aliphatic rings. The van der Waals surface area contributed by atoms with Crippen LogP contribution in [-0.4, -0.2) is 70.0 Å². The van der Waals surface area contributed by atoms with E-state index in [4.69, 9.17) is 9.26 Å². The number of ether oxygens (including phenoxy) is 1. The lowest BCUT2D eigenvalue weighted by Gasteiger charge is -2.38. The molecular formula is C24H31N5O2S. The molecule has 3 heterocycles. The van der Waals surface area contributed by atoms with Crippen LogP contribution in [0.5, 0.6) is 5.88 Å². The molecule has 0 spiro atoms. The highest BCUT2D eigenvalue weighted by Gasteiger charge is 2.23. The minimum absolute atomic E-state index is 0.452. The van der Waals surface area contributed by atoms with Crippen molar-refractivity contribution < 1.29 is 9.26 Å². The lowest BCUT2D eigenvalue weighted by Crippen LogP contribution is -2.47. The topological polar surface area (TPSA) is 67.5 Å². The van der Waals surface area contributed by atoms with Crippen molar-refractivity contribution in [3.05, 3.63) is 54.4 Å². The van der Waals surface area contributed by atoms with Crippen LogP contribution in [-0.2, 0) is 0 Å². The quantitative estimate of drug-likeness (QED) is 0.331. The van der Waals surface area contributed by atoms with Crippen molar-refractivity contribution in [2.45, 2.75) is 31.2 Å². The van der Waals surface area contributed by atoms with Crippen molar-refractivity contribution in [2.75, 3.05) is 45.1 Å². The summed E-state index contributed by atoms with van der Waals surface area (Å²) in [4.78, 5) is 15.0. The second kappa shape index (κ2) is 11.4. The number of pyridine rings is 1. The van der Waals surface area contributed by atoms with E-state index in [2.05, 4.69) is 63.0 Å². The van der Waals surface area contributed by atoms with Gasteiger partial charge in [0.05, 0.1) is 6.61 Å². The normalized spacial score (nSPS) is 16.2. The van der Waals surface area contributed by atoms with Crippen molar-refractivity contribution in [3.63, 3.8) is 0 Å². The number of nitrogens with zero attached hydrogens (tertiary/aromatic N) is 5. The van der Waals surface area contributed by atoms with Gasteiger partial charge in [0.25, 0.3) is 0 Å². The van der Waals surface area contributed by atoms with E-state index in [1.165, 1.54) is 16.9 Å². The average Bonchev–Trinajstić information content (AvgIpc) is 3.38. The first-order valence-corrected chi connectivity index (χ1v) is 12.3. The number of rotatable bonds is 10. The Kier molecular flexibility index (Phi) is 8.14. The number of benzene rings is 1. The molecule has 1 aromatic carbocycles. The monoisotopic (exact) mass is 453 g/mol. The Labute approximate surface area is 194 Å². The van der Waals surface area contributed by atoms with Crippen molar-refractivity contribution >= 4 is 11.8 Å². The maximum absolute atomic E-state index is 5.85. The predicted molar refractivity (Wildman–Crippen MR) is 127 cm³/mol. The minimum Gasteiger partial charge on any atom is -0.478 e. The molecule has 1 atom stereocenters. The molecule has 0 saturated carbocycles. The SMILES string of the molecule is CCSc1ccccc1C(C)N1CCN(CCCOc2cccc(-c3ncon3)n2)CC1. The van der Waals surface area contributed by atoms with E-state index < -0.39 is 0 Å². The van der Waals surface area contributed by atoms with Crippen molar-refractivity contribution in [2.24, 2.45) is 0 Å². The van der Waals surface area contributed by atoms with Crippen LogP contribution in [0.1, 0.15) is 31.9 Å². The Hall–Kier alpha value is -2.42. The number of thioether (sulfide) groups is 1. The highest BCUT2D eigenvalue weighted by Crippen LogP contribution is 2.31. The van der Waals surface area contributed by atoms with Crippen LogP contribution in [0.4, 0.5) is 0 Å². The second-order valence-corrected chi connectivity index (χ2v) is 9.15. The Morgan fingerprint density at radius 1 is 1.09 bits per heavy atom. The highest BCUT2D eigenvalue weighted by molar-refractivity contribution is 7.99. The Bertz CT molecular complexity index is 961. The highest BCUT2D eigenvalue weighted by atomic mass is 32.2. The van der Waals surface area contributed by atoms with Crippen molar-refractivity contribution in [1.82, 2.24) is 24.9 Å². The van der Waals surface area contributed by atoms with Gasteiger partial charge in [0.1, 0.15) is 5.69 Å². The van der Waals surface area contributed by atoms with Gasteiger partial charge in [-0.2, -0.15) is 4.98 Å². The lowest BCUT2D eigenvalue weighted by atomic mass is 10.1. The Morgan fingerprint density at radius 3 is 2.72 bits per heavy atom. The molecule has 2 aromatic heterocycles. The molecule has 7 nitrogen and oxygen atoms in total. The molecule has 170 valence electrons. The fourth-order valence-corrected chi connectivity index (χ4v) is 4.94. The third kappa shape index (κ3) is 5.88. The molecule has 0 amide bonds. The number of piperazine rings is 1. The molecule has 1 saturated heterocycles. The molecular weight excluding hydrogens is 422 g/mol. The van der Waals surface area contributed by atoms with Crippen LogP contribution in [0.3, 0.4) is 0 Å². The smallest absolute Gasteiger partial charge is 0.220 e. The number of aromatic nitrogens is 3. The van der Waals surface area contributed by atoms with Crippen LogP contribution in [0.2, 0.25) is 0 Å². The zero-order chi connectivity index (χ0) is 22.2. The summed E-state index contributed by atoms with van der Waals surface area (Å²) in [6.45, 7) is 10.6. The first-order chi connectivity index (χ1) is 15.7. The standard InChI is InChI=1S/C24H31N5O2S/c1-3-32-22-10-5-4-8-20(22)19(2)29-15-13-28(14-16-29)12-7-17-30-23-11-6-9-21(26-23)24-25-18-31-27-24/h4-6,8-11,18-19H,3,7,12-17H2,1-2H3. The molecule has 1 aliphatic heterocycles. The maximum atomic E-state index is 5.85. The van der Waals surface area contributed by atoms with Crippen LogP contribution >= 0.6 is 11.8 Å². The molecule has 3 aromatic rings. The average molecular weight is 454 g/mol. The molecule has 0 bridgehead atoms. The fraction of sp³-hybridized carbons (Fsp3) is 0.458. The summed E-state index contributed by atoms with van der Waals surface area (Å²) in [5, 5.41) is 3.82. The molecule has 32 heavy (non-hydrogen) atoms. The molecule has 0 N–H and O–H groups in total. The summed E-state index contributed by atoms with van der Waals surface area (Å²) in [7, 11) is 0. The van der Waals surface area contributed by atoms with Gasteiger partial charge in [0.2, 0.25) is 18.1 Å². The van der Waals surface area contributed by atoms with Gasteiger partial charge in [0, 0.05) is 49.7 Å². The van der Waals surface area contributed by atoms with Crippen molar-refractivity contribution in [1.29, 1.82) is 0 Å². The molecule has 0 radical (unpaired) electrons. The second-order valence-electron chi connectivity index (χ2n) is 7.84. The third-order valence-corrected chi connectivity index (χ3v) is 6.78. The van der Waals surface area contributed by atoms with Gasteiger partial charge in [-0.05, 0) is 36.8 Å². The van der Waals surface area contributed by atoms with Crippen LogP contribution in [0.25, 0.3) is 11.5 Å². The number of hydrogen-bond donors (Lipinski definition) is 0. The predicted octanol–water partition coefficient (Wildman–Crippen LogP) is 4.39. The lowest BCUT2D eigenvalue weighted by molar-refractivity contribution is 0.0971. The van der Waals surface area contributed by atoms with E-state index in [0.717, 1.165) is 44.9 Å². The van der Waals surface area contributed by atoms with E-state index in [9.17, 15) is 0 Å². The van der Waals surface area contributed by atoms with Gasteiger partial charge < -0.3 is 14.2 Å². The summed E-state index contributed by atoms with van der Waals surface area (Å²) in [6, 6.07) is 14.9. The van der Waals surface area contributed by atoms with E-state index in [0.29, 0.717) is 30.0 Å². The summed E-state index contributed by atoms with van der Waals surface area (Å²) >= 11 is 1.94. The Morgan fingerprint density at radius 2 is 1.94 bits per heavy atom. The van der Waals surface area contributed by atoms with E-state index in [1.807, 2.05) is 30.0 Å². The minimum atomic E-state index is 0.452.